The van der Waals surface area contributed by atoms with Gasteiger partial charge in [-0.1, -0.05) is 24.6 Å². The first-order valence-corrected chi connectivity index (χ1v) is 15.1. The maximum atomic E-state index is 14.2. The molecule has 2 aromatic carbocycles. The molecule has 0 fully saturated rings. The molecule has 0 aliphatic carbocycles. The van der Waals surface area contributed by atoms with Crippen molar-refractivity contribution >= 4 is 19.5 Å². The monoisotopic (exact) mass is 556 g/mol. The Morgan fingerprint density at radius 1 is 1.26 bits per heavy atom. The Kier molecular flexibility index (Phi) is 8.84. The van der Waals surface area contributed by atoms with Crippen LogP contribution in [0.5, 0.6) is 11.5 Å². The fourth-order valence-corrected chi connectivity index (χ4v) is 7.37. The number of fused-ring (bicyclic) bond motifs is 2. The van der Waals surface area contributed by atoms with Gasteiger partial charge in [-0.15, -0.1) is 0 Å². The lowest BCUT2D eigenvalue weighted by atomic mass is 9.89. The van der Waals surface area contributed by atoms with Crippen molar-refractivity contribution in [1.82, 2.24) is 10.4 Å². The topological polar surface area (TPSA) is 123 Å². The molecule has 3 N–H and O–H groups in total. The average molecular weight is 557 g/mol. The predicted octanol–water partition coefficient (Wildman–Crippen LogP) is 4.84. The van der Waals surface area contributed by atoms with E-state index >= 15 is 0 Å². The SMILES string of the molecule is CCOC(=O)[C@H](C)NP(=O)(CC(C)=CCc1c(O)c2c(c(C)c1CC)COC2=O)Oc1ccc2c(c1)CNC2. The van der Waals surface area contributed by atoms with E-state index in [0.29, 0.717) is 30.7 Å². The molecule has 2 aromatic rings. The van der Waals surface area contributed by atoms with Crippen LogP contribution >= 0.6 is 7.52 Å². The first-order valence-electron chi connectivity index (χ1n) is 13.3. The summed E-state index contributed by atoms with van der Waals surface area (Å²) in [6.45, 7) is 10.9. The van der Waals surface area contributed by atoms with Crippen LogP contribution in [-0.4, -0.2) is 35.9 Å². The van der Waals surface area contributed by atoms with Crippen LogP contribution in [0.3, 0.4) is 0 Å². The van der Waals surface area contributed by atoms with Gasteiger partial charge in [-0.05, 0) is 74.9 Å². The molecule has 1 unspecified atom stereocenters. The van der Waals surface area contributed by atoms with Gasteiger partial charge in [0.2, 0.25) is 0 Å². The van der Waals surface area contributed by atoms with Gasteiger partial charge in [-0.25, -0.2) is 9.88 Å². The second-order valence-corrected chi connectivity index (χ2v) is 12.1. The third-order valence-corrected chi connectivity index (χ3v) is 9.41. The van der Waals surface area contributed by atoms with Crippen molar-refractivity contribution in [2.75, 3.05) is 12.8 Å². The first kappa shape index (κ1) is 28.9. The van der Waals surface area contributed by atoms with Crippen molar-refractivity contribution < 1.29 is 33.3 Å². The van der Waals surface area contributed by atoms with Gasteiger partial charge in [0.25, 0.3) is 0 Å². The van der Waals surface area contributed by atoms with Crippen LogP contribution in [0, 0.1) is 6.92 Å². The van der Waals surface area contributed by atoms with Crippen molar-refractivity contribution in [2.45, 2.75) is 73.2 Å². The molecule has 10 heteroatoms. The van der Waals surface area contributed by atoms with Crippen molar-refractivity contribution in [1.29, 1.82) is 0 Å². The molecule has 0 aromatic heterocycles. The molecule has 2 heterocycles. The molecule has 0 spiro atoms. The number of allylic oxidation sites excluding steroid dienone is 2. The number of hydrogen-bond donors (Lipinski definition) is 3. The molecular formula is C29H37N2O7P. The van der Waals surface area contributed by atoms with Crippen molar-refractivity contribution in [3.05, 3.63) is 68.8 Å². The van der Waals surface area contributed by atoms with Gasteiger partial charge in [0.15, 0.2) is 0 Å². The second-order valence-electron chi connectivity index (χ2n) is 10.0. The third-order valence-electron chi connectivity index (χ3n) is 7.20. The number of phenols is 1. The van der Waals surface area contributed by atoms with Crippen LogP contribution in [0.15, 0.2) is 29.8 Å². The molecule has 0 radical (unpaired) electrons. The number of nitrogens with one attached hydrogen (secondary N) is 2. The van der Waals surface area contributed by atoms with Gasteiger partial charge < -0.3 is 24.4 Å². The number of rotatable bonds is 11. The van der Waals surface area contributed by atoms with E-state index in [1.165, 1.54) is 5.56 Å². The summed E-state index contributed by atoms with van der Waals surface area (Å²) in [5.74, 6) is -0.635. The van der Waals surface area contributed by atoms with Crippen LogP contribution in [0.1, 0.15) is 71.4 Å². The highest BCUT2D eigenvalue weighted by atomic mass is 31.2. The summed E-state index contributed by atoms with van der Waals surface area (Å²) < 4.78 is 30.5. The zero-order chi connectivity index (χ0) is 28.3. The summed E-state index contributed by atoms with van der Waals surface area (Å²) in [5, 5.41) is 17.2. The van der Waals surface area contributed by atoms with E-state index in [2.05, 4.69) is 10.4 Å². The Labute approximate surface area is 229 Å². The molecule has 2 atom stereocenters. The van der Waals surface area contributed by atoms with Gasteiger partial charge >= 0.3 is 19.5 Å². The van der Waals surface area contributed by atoms with E-state index in [9.17, 15) is 19.3 Å². The molecule has 2 aliphatic rings. The van der Waals surface area contributed by atoms with Crippen molar-refractivity contribution in [2.24, 2.45) is 0 Å². The standard InChI is InChI=1S/C29H37N2O7P/c1-6-23-18(4)25-15-37-29(34)26(25)27(32)24(23)11-8-17(3)16-39(35,31-19(5)28(33)36-7-2)38-22-10-9-20-13-30-14-21(20)12-22/h8-10,12,19,30,32H,6-7,11,13-16H2,1-5H3,(H,31,35)/t19-,39?/m0/s1. The molecule has 0 amide bonds. The van der Waals surface area contributed by atoms with Crippen LogP contribution < -0.4 is 14.9 Å². The zero-order valence-corrected chi connectivity index (χ0v) is 24.1. The molecule has 9 nitrogen and oxygen atoms in total. The lowest BCUT2D eigenvalue weighted by molar-refractivity contribution is -0.144. The molecule has 2 aliphatic heterocycles. The van der Waals surface area contributed by atoms with Crippen molar-refractivity contribution in [3.63, 3.8) is 0 Å². The van der Waals surface area contributed by atoms with E-state index in [1.807, 2.05) is 39.0 Å². The third kappa shape index (κ3) is 6.21. The number of benzene rings is 2. The van der Waals surface area contributed by atoms with Crippen molar-refractivity contribution in [3.8, 4) is 11.5 Å². The minimum absolute atomic E-state index is 0.0280. The predicted molar refractivity (Wildman–Crippen MR) is 148 cm³/mol. The summed E-state index contributed by atoms with van der Waals surface area (Å²) in [4.78, 5) is 24.6. The summed E-state index contributed by atoms with van der Waals surface area (Å²) in [7, 11) is -3.62. The number of carbonyl (C=O) groups is 2. The minimum atomic E-state index is -3.62. The number of esters is 2. The largest absolute Gasteiger partial charge is 0.507 e. The Bertz CT molecular complexity index is 1370. The van der Waals surface area contributed by atoms with E-state index in [0.717, 1.165) is 34.4 Å². The number of phenolic OH excluding ortho intramolecular Hbond substituents is 1. The first-order chi connectivity index (χ1) is 18.6. The van der Waals surface area contributed by atoms with Gasteiger partial charge in [0.05, 0.1) is 12.8 Å². The Morgan fingerprint density at radius 2 is 2.00 bits per heavy atom. The van der Waals surface area contributed by atoms with Crippen LogP contribution in [0.2, 0.25) is 0 Å². The Morgan fingerprint density at radius 3 is 2.72 bits per heavy atom. The fraction of sp³-hybridized carbons (Fsp3) is 0.448. The maximum absolute atomic E-state index is 14.2. The van der Waals surface area contributed by atoms with Crippen LogP contribution in [-0.2, 0) is 51.4 Å². The highest BCUT2D eigenvalue weighted by molar-refractivity contribution is 7.57. The molecule has 0 bridgehead atoms. The minimum Gasteiger partial charge on any atom is -0.507 e. The Hall–Kier alpha value is -3.13. The molecule has 0 saturated carbocycles. The quantitative estimate of drug-likeness (QED) is 0.203. The summed E-state index contributed by atoms with van der Waals surface area (Å²) in [6, 6.07) is 4.76. The molecule has 39 heavy (non-hydrogen) atoms. The molecule has 210 valence electrons. The van der Waals surface area contributed by atoms with E-state index in [-0.39, 0.29) is 30.7 Å². The Balaban J connectivity index is 1.60. The average Bonchev–Trinajstić information content (AvgIpc) is 3.51. The lowest BCUT2D eigenvalue weighted by Gasteiger charge is -2.24. The summed E-state index contributed by atoms with van der Waals surface area (Å²) >= 11 is 0. The smallest absolute Gasteiger partial charge is 0.342 e. The number of hydrogen-bond acceptors (Lipinski definition) is 8. The highest BCUT2D eigenvalue weighted by Gasteiger charge is 2.33. The molecule has 0 saturated heterocycles. The van der Waals surface area contributed by atoms with Crippen LogP contribution in [0.25, 0.3) is 0 Å². The van der Waals surface area contributed by atoms with Gasteiger partial charge in [-0.3, -0.25) is 9.36 Å². The normalized spacial score (nSPS) is 16.7. The zero-order valence-electron chi connectivity index (χ0n) is 23.2. The van der Waals surface area contributed by atoms with E-state index in [4.69, 9.17) is 14.0 Å². The summed E-state index contributed by atoms with van der Waals surface area (Å²) in [6.07, 6.45) is 2.91. The number of ether oxygens (including phenoxy) is 2. The fourth-order valence-electron chi connectivity index (χ4n) is 5.23. The van der Waals surface area contributed by atoms with Gasteiger partial charge in [0, 0.05) is 24.2 Å². The summed E-state index contributed by atoms with van der Waals surface area (Å²) in [5.41, 5.74) is 6.53. The van der Waals surface area contributed by atoms with Gasteiger partial charge in [0.1, 0.15) is 29.7 Å². The van der Waals surface area contributed by atoms with Crippen LogP contribution in [0.4, 0.5) is 0 Å². The van der Waals surface area contributed by atoms with E-state index < -0.39 is 25.5 Å². The number of cyclic esters (lactones) is 1. The highest BCUT2D eigenvalue weighted by Crippen LogP contribution is 2.46. The van der Waals surface area contributed by atoms with E-state index in [1.54, 1.807) is 19.9 Å². The molecular weight excluding hydrogens is 519 g/mol. The maximum Gasteiger partial charge on any atom is 0.342 e. The van der Waals surface area contributed by atoms with Gasteiger partial charge in [-0.2, -0.15) is 0 Å². The molecule has 4 rings (SSSR count). The number of carbonyl (C=O) groups excluding carboxylic acids is 2. The lowest BCUT2D eigenvalue weighted by Crippen LogP contribution is -2.35. The number of aromatic hydroxyl groups is 1. The second kappa shape index (κ2) is 11.9.